The Morgan fingerprint density at radius 3 is 1.76 bits per heavy atom. The zero-order chi connectivity index (χ0) is 11.7. The summed E-state index contributed by atoms with van der Waals surface area (Å²) in [7, 11) is 0. The molecule has 0 aromatic heterocycles. The number of ketones is 1. The lowest BCUT2D eigenvalue weighted by Gasteiger charge is -2.16. The molecule has 0 fully saturated rings. The van der Waals surface area contributed by atoms with E-state index in [1.54, 1.807) is 0 Å². The topological polar surface area (TPSA) is 26.3 Å². The first-order chi connectivity index (χ1) is 8.33. The summed E-state index contributed by atoms with van der Waals surface area (Å²) in [5.41, 5.74) is 1.93. The quantitative estimate of drug-likeness (QED) is 0.687. The van der Waals surface area contributed by atoms with Crippen LogP contribution in [0, 0.1) is 0 Å². The van der Waals surface area contributed by atoms with Gasteiger partial charge in [-0.1, -0.05) is 36.4 Å². The van der Waals surface area contributed by atoms with Gasteiger partial charge in [-0.05, 0) is 12.1 Å². The molecule has 0 amide bonds. The number of benzene rings is 2. The third kappa shape index (κ3) is 1.94. The molecule has 1 aliphatic rings. The number of rotatable bonds is 0. The van der Waals surface area contributed by atoms with E-state index in [1.165, 1.54) is 0 Å². The van der Waals surface area contributed by atoms with Crippen LogP contribution in [-0.2, 0) is 17.6 Å². The van der Waals surface area contributed by atoms with Gasteiger partial charge in [-0.25, -0.2) is 0 Å². The Morgan fingerprint density at radius 1 is 0.765 bits per heavy atom. The fourth-order valence-electron chi connectivity index (χ4n) is 2.10. The standard InChI is InChI=1S/C15H12O2/c16-13-9-11-5-1-3-7-14(11)17-15-8-4-2-6-12(15)10-13/h1-8H,9-10H2. The van der Waals surface area contributed by atoms with Crippen LogP contribution in [0.3, 0.4) is 0 Å². The van der Waals surface area contributed by atoms with Crippen molar-refractivity contribution in [1.29, 1.82) is 0 Å². The van der Waals surface area contributed by atoms with E-state index in [-0.39, 0.29) is 5.78 Å². The number of Topliss-reactive ketones (excluding diaryl/α,β-unsaturated/α-hetero) is 1. The average molecular weight is 224 g/mol. The van der Waals surface area contributed by atoms with Crippen molar-refractivity contribution in [2.75, 3.05) is 0 Å². The Balaban J connectivity index is 2.12. The molecule has 0 N–H and O–H groups in total. The molecule has 2 aromatic carbocycles. The summed E-state index contributed by atoms with van der Waals surface area (Å²) in [5.74, 6) is 1.80. The molecule has 0 saturated carbocycles. The van der Waals surface area contributed by atoms with Gasteiger partial charge in [-0.3, -0.25) is 4.79 Å². The van der Waals surface area contributed by atoms with Gasteiger partial charge >= 0.3 is 0 Å². The summed E-state index contributed by atoms with van der Waals surface area (Å²) in [5, 5.41) is 0. The molecule has 0 atom stereocenters. The molecule has 0 radical (unpaired) electrons. The third-order valence-electron chi connectivity index (χ3n) is 2.94. The summed E-state index contributed by atoms with van der Waals surface area (Å²) in [4.78, 5) is 11.9. The van der Waals surface area contributed by atoms with Crippen LogP contribution in [0.1, 0.15) is 11.1 Å². The molecule has 1 aliphatic heterocycles. The van der Waals surface area contributed by atoms with Gasteiger partial charge in [0, 0.05) is 24.0 Å². The molecule has 2 heteroatoms. The normalized spacial score (nSPS) is 14.0. The van der Waals surface area contributed by atoms with Crippen molar-refractivity contribution in [1.82, 2.24) is 0 Å². The highest BCUT2D eigenvalue weighted by Crippen LogP contribution is 2.31. The van der Waals surface area contributed by atoms with E-state index in [0.29, 0.717) is 12.8 Å². The van der Waals surface area contributed by atoms with Gasteiger partial charge in [0.2, 0.25) is 0 Å². The molecular weight excluding hydrogens is 212 g/mol. The summed E-state index contributed by atoms with van der Waals surface area (Å²) in [6.07, 6.45) is 0.898. The summed E-state index contributed by atoms with van der Waals surface area (Å²) in [6, 6.07) is 15.4. The maximum atomic E-state index is 11.9. The smallest absolute Gasteiger partial charge is 0.141 e. The molecule has 0 saturated heterocycles. The predicted molar refractivity (Wildman–Crippen MR) is 65.4 cm³/mol. The van der Waals surface area contributed by atoms with E-state index in [4.69, 9.17) is 4.74 Å². The molecule has 84 valence electrons. The lowest BCUT2D eigenvalue weighted by molar-refractivity contribution is -0.117. The maximum absolute atomic E-state index is 11.9. The first-order valence-corrected chi connectivity index (χ1v) is 5.68. The number of para-hydroxylation sites is 2. The molecule has 0 aliphatic carbocycles. The van der Waals surface area contributed by atoms with Crippen molar-refractivity contribution in [3.05, 3.63) is 59.7 Å². The number of ether oxygens (including phenoxy) is 1. The largest absolute Gasteiger partial charge is 0.457 e. The molecule has 1 heterocycles. The van der Waals surface area contributed by atoms with E-state index in [1.807, 2.05) is 48.5 Å². The molecule has 2 nitrogen and oxygen atoms in total. The van der Waals surface area contributed by atoms with Crippen molar-refractivity contribution < 1.29 is 9.53 Å². The second-order valence-electron chi connectivity index (χ2n) is 4.21. The van der Waals surface area contributed by atoms with E-state index in [9.17, 15) is 4.79 Å². The van der Waals surface area contributed by atoms with Crippen LogP contribution in [-0.4, -0.2) is 5.78 Å². The molecule has 0 bridgehead atoms. The van der Waals surface area contributed by atoms with Crippen LogP contribution in [0.15, 0.2) is 48.5 Å². The molecule has 3 rings (SSSR count). The lowest BCUT2D eigenvalue weighted by Crippen LogP contribution is -2.11. The van der Waals surface area contributed by atoms with Crippen molar-refractivity contribution in [3.8, 4) is 11.5 Å². The van der Waals surface area contributed by atoms with Gasteiger partial charge in [-0.15, -0.1) is 0 Å². The molecule has 17 heavy (non-hydrogen) atoms. The minimum Gasteiger partial charge on any atom is -0.457 e. The summed E-state index contributed by atoms with van der Waals surface area (Å²) >= 11 is 0. The van der Waals surface area contributed by atoms with Gasteiger partial charge < -0.3 is 4.74 Å². The number of carbonyl (C=O) groups excluding carboxylic acids is 1. The predicted octanol–water partition coefficient (Wildman–Crippen LogP) is 3.15. The zero-order valence-electron chi connectivity index (χ0n) is 9.35. The average Bonchev–Trinajstić information content (AvgIpc) is 2.31. The van der Waals surface area contributed by atoms with Crippen molar-refractivity contribution >= 4 is 5.78 Å². The Bertz CT molecular complexity index is 523. The highest BCUT2D eigenvalue weighted by Gasteiger charge is 2.16. The van der Waals surface area contributed by atoms with Gasteiger partial charge in [-0.2, -0.15) is 0 Å². The van der Waals surface area contributed by atoms with Crippen LogP contribution in [0.5, 0.6) is 11.5 Å². The number of hydrogen-bond acceptors (Lipinski definition) is 2. The second kappa shape index (κ2) is 4.06. The SMILES string of the molecule is O=C1Cc2ccccc2Oc2ccccc2C1. The van der Waals surface area contributed by atoms with E-state index in [0.717, 1.165) is 22.6 Å². The minimum atomic E-state index is 0.230. The number of fused-ring (bicyclic) bond motifs is 2. The van der Waals surface area contributed by atoms with Gasteiger partial charge in [0.25, 0.3) is 0 Å². The van der Waals surface area contributed by atoms with Gasteiger partial charge in [0.05, 0.1) is 0 Å². The third-order valence-corrected chi connectivity index (χ3v) is 2.94. The highest BCUT2D eigenvalue weighted by atomic mass is 16.5. The number of hydrogen-bond donors (Lipinski definition) is 0. The summed E-state index contributed by atoms with van der Waals surface area (Å²) in [6.45, 7) is 0. The van der Waals surface area contributed by atoms with Gasteiger partial charge in [0.1, 0.15) is 17.3 Å². The monoisotopic (exact) mass is 224 g/mol. The Kier molecular flexibility index (Phi) is 2.41. The molecule has 0 unspecified atom stereocenters. The fourth-order valence-corrected chi connectivity index (χ4v) is 2.10. The Labute approximate surface area is 99.9 Å². The van der Waals surface area contributed by atoms with Crippen molar-refractivity contribution in [2.24, 2.45) is 0 Å². The lowest BCUT2D eigenvalue weighted by atomic mass is 10.00. The van der Waals surface area contributed by atoms with Crippen molar-refractivity contribution in [3.63, 3.8) is 0 Å². The van der Waals surface area contributed by atoms with Crippen LogP contribution < -0.4 is 4.74 Å². The highest BCUT2D eigenvalue weighted by molar-refractivity contribution is 5.84. The van der Waals surface area contributed by atoms with Crippen LogP contribution in [0.25, 0.3) is 0 Å². The number of carbonyl (C=O) groups is 1. The molecular formula is C15H12O2. The fraction of sp³-hybridized carbons (Fsp3) is 0.133. The van der Waals surface area contributed by atoms with Crippen molar-refractivity contribution in [2.45, 2.75) is 12.8 Å². The second-order valence-corrected chi connectivity index (χ2v) is 4.21. The summed E-state index contributed by atoms with van der Waals surface area (Å²) < 4.78 is 5.88. The van der Waals surface area contributed by atoms with Crippen LogP contribution in [0.2, 0.25) is 0 Å². The first kappa shape index (κ1) is 10.1. The van der Waals surface area contributed by atoms with Crippen LogP contribution in [0.4, 0.5) is 0 Å². The Morgan fingerprint density at radius 2 is 1.24 bits per heavy atom. The first-order valence-electron chi connectivity index (χ1n) is 5.68. The Hall–Kier alpha value is -2.09. The minimum absolute atomic E-state index is 0.230. The van der Waals surface area contributed by atoms with E-state index >= 15 is 0 Å². The van der Waals surface area contributed by atoms with E-state index < -0.39 is 0 Å². The zero-order valence-corrected chi connectivity index (χ0v) is 9.35. The van der Waals surface area contributed by atoms with E-state index in [2.05, 4.69) is 0 Å². The maximum Gasteiger partial charge on any atom is 0.141 e. The van der Waals surface area contributed by atoms with Crippen LogP contribution >= 0.6 is 0 Å². The molecule has 0 spiro atoms. The van der Waals surface area contributed by atoms with Gasteiger partial charge in [0.15, 0.2) is 0 Å². The molecule has 2 aromatic rings.